The molecule has 17 heavy (non-hydrogen) atoms. The lowest BCUT2D eigenvalue weighted by molar-refractivity contribution is -0.154. The Morgan fingerprint density at radius 3 is 2.65 bits per heavy atom. The molecular formula is C12H21NO3S. The van der Waals surface area contributed by atoms with Gasteiger partial charge < -0.3 is 9.64 Å². The summed E-state index contributed by atoms with van der Waals surface area (Å²) >= 11 is 1.56. The molecule has 1 aliphatic heterocycles. The molecular weight excluding hydrogens is 238 g/mol. The van der Waals surface area contributed by atoms with Crippen LogP contribution in [0.2, 0.25) is 0 Å². The van der Waals surface area contributed by atoms with Crippen LogP contribution in [-0.4, -0.2) is 47.0 Å². The number of hydrogen-bond acceptors (Lipinski definition) is 4. The van der Waals surface area contributed by atoms with Gasteiger partial charge in [-0.25, -0.2) is 0 Å². The second-order valence-corrected chi connectivity index (χ2v) is 6.55. The van der Waals surface area contributed by atoms with E-state index in [4.69, 9.17) is 4.74 Å². The number of rotatable bonds is 4. The molecule has 1 atom stereocenters. The van der Waals surface area contributed by atoms with Crippen molar-refractivity contribution in [3.63, 3.8) is 0 Å². The minimum atomic E-state index is -0.425. The molecule has 1 amide bonds. The van der Waals surface area contributed by atoms with E-state index in [2.05, 4.69) is 0 Å². The van der Waals surface area contributed by atoms with Crippen molar-refractivity contribution in [1.29, 1.82) is 0 Å². The van der Waals surface area contributed by atoms with Crippen LogP contribution in [0.1, 0.15) is 33.6 Å². The zero-order valence-corrected chi connectivity index (χ0v) is 11.8. The van der Waals surface area contributed by atoms with E-state index >= 15 is 0 Å². The third kappa shape index (κ3) is 4.98. The molecule has 0 radical (unpaired) electrons. The molecule has 0 bridgehead atoms. The number of esters is 1. The first-order valence-corrected chi connectivity index (χ1v) is 6.93. The normalized spacial score (nSPS) is 20.8. The standard InChI is InChI=1S/C12H21NO3S/c1-12(2,3)16-10(14)6-8-17-9-5-7-13(4)11(9)15/h9H,5-8H2,1-4H3. The van der Waals surface area contributed by atoms with Crippen molar-refractivity contribution in [2.45, 2.75) is 44.5 Å². The summed E-state index contributed by atoms with van der Waals surface area (Å²) in [6.45, 7) is 6.39. The smallest absolute Gasteiger partial charge is 0.307 e. The van der Waals surface area contributed by atoms with Crippen LogP contribution in [0.15, 0.2) is 0 Å². The van der Waals surface area contributed by atoms with Crippen LogP contribution in [0.25, 0.3) is 0 Å². The van der Waals surface area contributed by atoms with E-state index < -0.39 is 5.60 Å². The summed E-state index contributed by atoms with van der Waals surface area (Å²) in [6.07, 6.45) is 1.25. The summed E-state index contributed by atoms with van der Waals surface area (Å²) in [5.74, 6) is 0.641. The third-order valence-corrected chi connectivity index (χ3v) is 3.70. The second-order valence-electron chi connectivity index (χ2n) is 5.24. The molecule has 1 saturated heterocycles. The Morgan fingerprint density at radius 1 is 1.53 bits per heavy atom. The highest BCUT2D eigenvalue weighted by Crippen LogP contribution is 2.23. The molecule has 0 saturated carbocycles. The molecule has 0 N–H and O–H groups in total. The van der Waals surface area contributed by atoms with Gasteiger partial charge in [0.1, 0.15) is 5.60 Å². The number of ether oxygens (including phenoxy) is 1. The van der Waals surface area contributed by atoms with Gasteiger partial charge in [-0.05, 0) is 27.2 Å². The zero-order valence-electron chi connectivity index (χ0n) is 11.0. The van der Waals surface area contributed by atoms with E-state index in [0.717, 1.165) is 13.0 Å². The molecule has 1 fully saturated rings. The number of carbonyl (C=O) groups excluding carboxylic acids is 2. The SMILES string of the molecule is CN1CCC(SCCC(=O)OC(C)(C)C)C1=O. The summed E-state index contributed by atoms with van der Waals surface area (Å²) in [5.41, 5.74) is -0.425. The average Bonchev–Trinajstić information content (AvgIpc) is 2.46. The Bertz CT molecular complexity index is 299. The molecule has 0 aromatic rings. The second kappa shape index (κ2) is 5.76. The van der Waals surface area contributed by atoms with Crippen LogP contribution in [0.3, 0.4) is 0 Å². The van der Waals surface area contributed by atoms with Gasteiger partial charge in [-0.15, -0.1) is 11.8 Å². The molecule has 1 unspecified atom stereocenters. The molecule has 1 rings (SSSR count). The highest BCUT2D eigenvalue weighted by atomic mass is 32.2. The maximum atomic E-state index is 11.6. The fourth-order valence-electron chi connectivity index (χ4n) is 1.62. The van der Waals surface area contributed by atoms with Crippen LogP contribution in [0.5, 0.6) is 0 Å². The largest absolute Gasteiger partial charge is 0.460 e. The molecule has 98 valence electrons. The fourth-order valence-corrected chi connectivity index (χ4v) is 2.79. The van der Waals surface area contributed by atoms with Gasteiger partial charge in [-0.3, -0.25) is 9.59 Å². The van der Waals surface area contributed by atoms with Gasteiger partial charge in [-0.1, -0.05) is 0 Å². The lowest BCUT2D eigenvalue weighted by Gasteiger charge is -2.19. The van der Waals surface area contributed by atoms with Crippen molar-refractivity contribution in [2.75, 3.05) is 19.3 Å². The van der Waals surface area contributed by atoms with Crippen molar-refractivity contribution in [1.82, 2.24) is 4.90 Å². The van der Waals surface area contributed by atoms with Crippen LogP contribution in [0, 0.1) is 0 Å². The van der Waals surface area contributed by atoms with E-state index in [1.54, 1.807) is 16.7 Å². The number of hydrogen-bond donors (Lipinski definition) is 0. The van der Waals surface area contributed by atoms with Crippen molar-refractivity contribution in [3.8, 4) is 0 Å². The average molecular weight is 259 g/mol. The molecule has 5 heteroatoms. The van der Waals surface area contributed by atoms with Gasteiger partial charge in [0.25, 0.3) is 0 Å². The predicted molar refractivity (Wildman–Crippen MR) is 69.0 cm³/mol. The Kier molecular flexibility index (Phi) is 4.86. The Hall–Kier alpha value is -0.710. The van der Waals surface area contributed by atoms with E-state index in [9.17, 15) is 9.59 Å². The summed E-state index contributed by atoms with van der Waals surface area (Å²) in [7, 11) is 1.82. The maximum Gasteiger partial charge on any atom is 0.307 e. The number of nitrogens with zero attached hydrogens (tertiary/aromatic N) is 1. The fraction of sp³-hybridized carbons (Fsp3) is 0.833. The lowest BCUT2D eigenvalue weighted by Crippen LogP contribution is -2.25. The van der Waals surface area contributed by atoms with Gasteiger partial charge in [0.05, 0.1) is 11.7 Å². The highest BCUT2D eigenvalue weighted by molar-refractivity contribution is 8.00. The first kappa shape index (κ1) is 14.4. The molecule has 4 nitrogen and oxygen atoms in total. The van der Waals surface area contributed by atoms with Gasteiger partial charge >= 0.3 is 5.97 Å². The van der Waals surface area contributed by atoms with Crippen LogP contribution in [-0.2, 0) is 14.3 Å². The number of carbonyl (C=O) groups is 2. The zero-order chi connectivity index (χ0) is 13.1. The van der Waals surface area contributed by atoms with Crippen molar-refractivity contribution >= 4 is 23.6 Å². The molecule has 0 aromatic carbocycles. The molecule has 1 aliphatic rings. The quantitative estimate of drug-likeness (QED) is 0.721. The van der Waals surface area contributed by atoms with Gasteiger partial charge in [0, 0.05) is 19.3 Å². The molecule has 1 heterocycles. The van der Waals surface area contributed by atoms with Crippen LogP contribution < -0.4 is 0 Å². The van der Waals surface area contributed by atoms with Crippen molar-refractivity contribution in [2.24, 2.45) is 0 Å². The maximum absolute atomic E-state index is 11.6. The summed E-state index contributed by atoms with van der Waals surface area (Å²) < 4.78 is 5.20. The first-order valence-electron chi connectivity index (χ1n) is 5.88. The third-order valence-electron chi connectivity index (χ3n) is 2.42. The van der Waals surface area contributed by atoms with Crippen molar-refractivity contribution < 1.29 is 14.3 Å². The monoisotopic (exact) mass is 259 g/mol. The van der Waals surface area contributed by atoms with Crippen molar-refractivity contribution in [3.05, 3.63) is 0 Å². The lowest BCUT2D eigenvalue weighted by atomic mass is 10.2. The summed E-state index contributed by atoms with van der Waals surface area (Å²) in [5, 5.41) is 0.0300. The molecule has 0 aromatic heterocycles. The summed E-state index contributed by atoms with van der Waals surface area (Å²) in [6, 6.07) is 0. The van der Waals surface area contributed by atoms with E-state index in [0.29, 0.717) is 12.2 Å². The minimum absolute atomic E-state index is 0.0300. The first-order chi connectivity index (χ1) is 7.79. The van der Waals surface area contributed by atoms with Gasteiger partial charge in [0.2, 0.25) is 5.91 Å². The van der Waals surface area contributed by atoms with Crippen LogP contribution in [0.4, 0.5) is 0 Å². The van der Waals surface area contributed by atoms with E-state index in [-0.39, 0.29) is 17.1 Å². The van der Waals surface area contributed by atoms with E-state index in [1.165, 1.54) is 0 Å². The van der Waals surface area contributed by atoms with Gasteiger partial charge in [-0.2, -0.15) is 0 Å². The van der Waals surface area contributed by atoms with Crippen LogP contribution >= 0.6 is 11.8 Å². The summed E-state index contributed by atoms with van der Waals surface area (Å²) in [4.78, 5) is 24.8. The van der Waals surface area contributed by atoms with Gasteiger partial charge in [0.15, 0.2) is 0 Å². The number of likely N-dealkylation sites (tertiary alicyclic amines) is 1. The molecule has 0 spiro atoms. The van der Waals surface area contributed by atoms with E-state index in [1.807, 2.05) is 27.8 Å². The predicted octanol–water partition coefficient (Wildman–Crippen LogP) is 1.68. The Labute approximate surface area is 107 Å². The Morgan fingerprint density at radius 2 is 2.18 bits per heavy atom. The highest BCUT2D eigenvalue weighted by Gasteiger charge is 2.29. The topological polar surface area (TPSA) is 46.6 Å². The Balaban J connectivity index is 2.20. The molecule has 0 aliphatic carbocycles. The number of thioether (sulfide) groups is 1. The minimum Gasteiger partial charge on any atom is -0.460 e. The number of amides is 1.